The number of hydrogen-bond donors (Lipinski definition) is 2. The molecule has 1 fully saturated rings. The van der Waals surface area contributed by atoms with Gasteiger partial charge < -0.3 is 25.0 Å². The molecule has 0 aliphatic carbocycles. The van der Waals surface area contributed by atoms with Crippen molar-refractivity contribution in [2.75, 3.05) is 43.6 Å². The van der Waals surface area contributed by atoms with E-state index in [1.54, 1.807) is 7.11 Å². The number of carbonyl (C=O) groups is 1. The smallest absolute Gasteiger partial charge is 0.319 e. The van der Waals surface area contributed by atoms with Crippen molar-refractivity contribution in [3.8, 4) is 17.0 Å². The summed E-state index contributed by atoms with van der Waals surface area (Å²) in [6.45, 7) is 3.45. The molecule has 0 unspecified atom stereocenters. The molecule has 2 aromatic carbocycles. The average Bonchev–Trinajstić information content (AvgIpc) is 2.84. The summed E-state index contributed by atoms with van der Waals surface area (Å²) in [4.78, 5) is 14.5. The van der Waals surface area contributed by atoms with Crippen molar-refractivity contribution < 1.29 is 14.3 Å². The predicted octanol–water partition coefficient (Wildman–Crippen LogP) is 3.31. The second-order valence-corrected chi connectivity index (χ2v) is 7.12. The number of morpholine rings is 1. The van der Waals surface area contributed by atoms with Gasteiger partial charge in [0.05, 0.1) is 26.0 Å². The van der Waals surface area contributed by atoms with Gasteiger partial charge in [-0.2, -0.15) is 0 Å². The lowest BCUT2D eigenvalue weighted by Gasteiger charge is -2.27. The molecule has 1 aliphatic rings. The van der Waals surface area contributed by atoms with Crippen LogP contribution >= 0.6 is 0 Å². The van der Waals surface area contributed by atoms with Crippen molar-refractivity contribution in [2.45, 2.75) is 6.54 Å². The lowest BCUT2D eigenvalue weighted by molar-refractivity contribution is 0.122. The summed E-state index contributed by atoms with van der Waals surface area (Å²) in [5.41, 5.74) is 3.27. The molecule has 0 spiro atoms. The van der Waals surface area contributed by atoms with Crippen molar-refractivity contribution in [1.82, 2.24) is 15.5 Å². The summed E-state index contributed by atoms with van der Waals surface area (Å²) in [6.07, 6.45) is 0. The van der Waals surface area contributed by atoms with E-state index in [4.69, 9.17) is 9.47 Å². The van der Waals surface area contributed by atoms with Crippen LogP contribution in [0.25, 0.3) is 11.3 Å². The van der Waals surface area contributed by atoms with Gasteiger partial charge in [-0.05, 0) is 42.0 Å². The van der Waals surface area contributed by atoms with Crippen LogP contribution in [-0.4, -0.2) is 49.6 Å². The lowest BCUT2D eigenvalue weighted by Crippen LogP contribution is -2.36. The third-order valence-corrected chi connectivity index (χ3v) is 4.99. The molecule has 31 heavy (non-hydrogen) atoms. The van der Waals surface area contributed by atoms with E-state index in [2.05, 4.69) is 25.7 Å². The number of rotatable bonds is 6. The lowest BCUT2D eigenvalue weighted by atomic mass is 10.1. The van der Waals surface area contributed by atoms with Crippen LogP contribution in [0.15, 0.2) is 60.7 Å². The molecule has 8 nitrogen and oxygen atoms in total. The topological polar surface area (TPSA) is 88.6 Å². The van der Waals surface area contributed by atoms with Crippen LogP contribution < -0.4 is 20.3 Å². The van der Waals surface area contributed by atoms with Gasteiger partial charge in [-0.1, -0.05) is 24.3 Å². The summed E-state index contributed by atoms with van der Waals surface area (Å²) in [6, 6.07) is 18.7. The Morgan fingerprint density at radius 1 is 1.06 bits per heavy atom. The first-order chi connectivity index (χ1) is 15.2. The van der Waals surface area contributed by atoms with E-state index in [1.807, 2.05) is 60.7 Å². The summed E-state index contributed by atoms with van der Waals surface area (Å²) < 4.78 is 10.6. The maximum absolute atomic E-state index is 12.3. The Morgan fingerprint density at radius 3 is 2.68 bits per heavy atom. The number of methoxy groups -OCH3 is 1. The normalized spacial score (nSPS) is 13.5. The van der Waals surface area contributed by atoms with Crippen LogP contribution in [0.3, 0.4) is 0 Å². The van der Waals surface area contributed by atoms with Crippen LogP contribution in [0.1, 0.15) is 5.56 Å². The van der Waals surface area contributed by atoms with Gasteiger partial charge in [0, 0.05) is 30.9 Å². The first kappa shape index (κ1) is 20.6. The number of urea groups is 1. The van der Waals surface area contributed by atoms with Gasteiger partial charge in [0.1, 0.15) is 5.75 Å². The minimum Gasteiger partial charge on any atom is -0.497 e. The highest BCUT2D eigenvalue weighted by Crippen LogP contribution is 2.22. The van der Waals surface area contributed by atoms with E-state index in [9.17, 15) is 4.79 Å². The number of nitrogens with zero attached hydrogens (tertiary/aromatic N) is 3. The highest BCUT2D eigenvalue weighted by Gasteiger charge is 2.13. The zero-order valence-electron chi connectivity index (χ0n) is 17.4. The number of carbonyl (C=O) groups excluding carboxylic acids is 1. The maximum Gasteiger partial charge on any atom is 0.319 e. The molecule has 160 valence electrons. The number of hydrogen-bond acceptors (Lipinski definition) is 6. The fraction of sp³-hybridized carbons (Fsp3) is 0.261. The monoisotopic (exact) mass is 419 g/mol. The highest BCUT2D eigenvalue weighted by atomic mass is 16.5. The standard InChI is InChI=1S/C23H25N5O3/c1-30-20-7-2-4-17(14-20)16-24-23(29)25-19-6-3-5-18(15-19)21-8-9-22(27-26-21)28-10-12-31-13-11-28/h2-9,14-15H,10-13,16H2,1H3,(H2,24,25,29). The Labute approximate surface area is 181 Å². The minimum absolute atomic E-state index is 0.284. The first-order valence-corrected chi connectivity index (χ1v) is 10.2. The molecule has 0 saturated carbocycles. The van der Waals surface area contributed by atoms with Crippen LogP contribution in [0.4, 0.5) is 16.3 Å². The van der Waals surface area contributed by atoms with Crippen molar-refractivity contribution in [2.24, 2.45) is 0 Å². The molecule has 8 heteroatoms. The summed E-state index contributed by atoms with van der Waals surface area (Å²) >= 11 is 0. The van der Waals surface area contributed by atoms with Gasteiger partial charge >= 0.3 is 6.03 Å². The van der Waals surface area contributed by atoms with Crippen LogP contribution in [0, 0.1) is 0 Å². The molecule has 3 aromatic rings. The Hall–Kier alpha value is -3.65. The third kappa shape index (κ3) is 5.49. The summed E-state index contributed by atoms with van der Waals surface area (Å²) in [7, 11) is 1.62. The van der Waals surface area contributed by atoms with Gasteiger partial charge in [0.25, 0.3) is 0 Å². The Bertz CT molecular complexity index is 1020. The number of nitrogens with one attached hydrogen (secondary N) is 2. The molecule has 0 radical (unpaired) electrons. The molecule has 1 aliphatic heterocycles. The first-order valence-electron chi connectivity index (χ1n) is 10.2. The molecule has 2 amide bonds. The summed E-state index contributed by atoms with van der Waals surface area (Å²) in [5, 5.41) is 14.4. The van der Waals surface area contributed by atoms with Gasteiger partial charge in [-0.25, -0.2) is 4.79 Å². The van der Waals surface area contributed by atoms with Gasteiger partial charge in [-0.15, -0.1) is 10.2 Å². The van der Waals surface area contributed by atoms with E-state index >= 15 is 0 Å². The number of anilines is 2. The molecule has 2 heterocycles. The molecule has 0 atom stereocenters. The Kier molecular flexibility index (Phi) is 6.59. The van der Waals surface area contributed by atoms with Crippen molar-refractivity contribution in [3.05, 3.63) is 66.2 Å². The van der Waals surface area contributed by atoms with Crippen LogP contribution in [0.2, 0.25) is 0 Å². The largest absolute Gasteiger partial charge is 0.497 e. The maximum atomic E-state index is 12.3. The second kappa shape index (κ2) is 9.90. The number of amides is 2. The quantitative estimate of drug-likeness (QED) is 0.637. The molecule has 0 bridgehead atoms. The van der Waals surface area contributed by atoms with Crippen molar-refractivity contribution in [3.63, 3.8) is 0 Å². The number of benzene rings is 2. The number of ether oxygens (including phenoxy) is 2. The SMILES string of the molecule is COc1cccc(CNC(=O)Nc2cccc(-c3ccc(N4CCOCC4)nn3)c2)c1. The van der Waals surface area contributed by atoms with E-state index in [0.717, 1.165) is 41.5 Å². The third-order valence-electron chi connectivity index (χ3n) is 4.99. The van der Waals surface area contributed by atoms with E-state index < -0.39 is 0 Å². The molecular weight excluding hydrogens is 394 g/mol. The predicted molar refractivity (Wildman–Crippen MR) is 119 cm³/mol. The molecular formula is C23H25N5O3. The minimum atomic E-state index is -0.284. The fourth-order valence-corrected chi connectivity index (χ4v) is 3.34. The van der Waals surface area contributed by atoms with Crippen molar-refractivity contribution in [1.29, 1.82) is 0 Å². The van der Waals surface area contributed by atoms with Gasteiger partial charge in [-0.3, -0.25) is 0 Å². The molecule has 2 N–H and O–H groups in total. The zero-order chi connectivity index (χ0) is 21.5. The van der Waals surface area contributed by atoms with E-state index in [0.29, 0.717) is 25.4 Å². The number of aromatic nitrogens is 2. The van der Waals surface area contributed by atoms with Crippen molar-refractivity contribution >= 4 is 17.5 Å². The molecule has 4 rings (SSSR count). The van der Waals surface area contributed by atoms with Gasteiger partial charge in [0.2, 0.25) is 0 Å². The summed E-state index contributed by atoms with van der Waals surface area (Å²) in [5.74, 6) is 1.60. The molecule has 1 aromatic heterocycles. The Morgan fingerprint density at radius 2 is 1.90 bits per heavy atom. The Balaban J connectivity index is 1.36. The fourth-order valence-electron chi connectivity index (χ4n) is 3.34. The second-order valence-electron chi connectivity index (χ2n) is 7.12. The highest BCUT2D eigenvalue weighted by molar-refractivity contribution is 5.90. The molecule has 1 saturated heterocycles. The average molecular weight is 419 g/mol. The van der Waals surface area contributed by atoms with Gasteiger partial charge in [0.15, 0.2) is 5.82 Å². The van der Waals surface area contributed by atoms with E-state index in [1.165, 1.54) is 0 Å². The van der Waals surface area contributed by atoms with Crippen LogP contribution in [-0.2, 0) is 11.3 Å². The van der Waals surface area contributed by atoms with Crippen LogP contribution in [0.5, 0.6) is 5.75 Å². The van der Waals surface area contributed by atoms with E-state index in [-0.39, 0.29) is 6.03 Å². The zero-order valence-corrected chi connectivity index (χ0v) is 17.4.